The third kappa shape index (κ3) is 3.31. The van der Waals surface area contributed by atoms with Crippen molar-refractivity contribution in [3.63, 3.8) is 0 Å². The predicted octanol–water partition coefficient (Wildman–Crippen LogP) is 3.73. The molecule has 22 heavy (non-hydrogen) atoms. The molecule has 0 bridgehead atoms. The van der Waals surface area contributed by atoms with Gasteiger partial charge in [-0.15, -0.1) is 0 Å². The minimum Gasteiger partial charge on any atom is -0.504 e. The number of phenols is 1. The van der Waals surface area contributed by atoms with Crippen LogP contribution in [0.2, 0.25) is 0 Å². The van der Waals surface area contributed by atoms with Gasteiger partial charge in [-0.25, -0.2) is 4.39 Å². The fourth-order valence-corrected chi connectivity index (χ4v) is 2.04. The molecule has 0 radical (unpaired) electrons. The van der Waals surface area contributed by atoms with Crippen LogP contribution in [-0.4, -0.2) is 26.4 Å². The van der Waals surface area contributed by atoms with Gasteiger partial charge < -0.3 is 19.3 Å². The maximum atomic E-state index is 13.6. The summed E-state index contributed by atoms with van der Waals surface area (Å²) in [5.41, 5.74) is 1.37. The number of ether oxygens (including phenoxy) is 3. The summed E-state index contributed by atoms with van der Waals surface area (Å²) in [5, 5.41) is 9.90. The van der Waals surface area contributed by atoms with E-state index >= 15 is 0 Å². The monoisotopic (exact) mass is 304 g/mol. The molecule has 2 rings (SSSR count). The lowest BCUT2D eigenvalue weighted by Gasteiger charge is -2.10. The van der Waals surface area contributed by atoms with Crippen LogP contribution in [0.3, 0.4) is 0 Å². The molecule has 1 N–H and O–H groups in total. The lowest BCUT2D eigenvalue weighted by Crippen LogP contribution is -1.91. The van der Waals surface area contributed by atoms with Gasteiger partial charge in [-0.2, -0.15) is 0 Å². The van der Waals surface area contributed by atoms with E-state index < -0.39 is 5.82 Å². The highest BCUT2D eigenvalue weighted by Gasteiger charge is 2.10. The van der Waals surface area contributed by atoms with Crippen LogP contribution in [0, 0.1) is 5.82 Å². The van der Waals surface area contributed by atoms with E-state index in [9.17, 15) is 9.50 Å². The van der Waals surface area contributed by atoms with Crippen molar-refractivity contribution in [2.45, 2.75) is 0 Å². The molecule has 0 spiro atoms. The van der Waals surface area contributed by atoms with Crippen molar-refractivity contribution in [3.8, 4) is 23.0 Å². The standard InChI is InChI=1S/C17H17FO4/c1-20-15-7-6-11(8-13(15)18)4-5-12-9-14(19)17(22-3)16(10-12)21-2/h4-10,19H,1-3H3/b5-4-. The summed E-state index contributed by atoms with van der Waals surface area (Å²) < 4.78 is 28.7. The van der Waals surface area contributed by atoms with E-state index in [1.54, 1.807) is 30.4 Å². The summed E-state index contributed by atoms with van der Waals surface area (Å²) in [7, 11) is 4.36. The number of methoxy groups -OCH3 is 3. The summed E-state index contributed by atoms with van der Waals surface area (Å²) >= 11 is 0. The van der Waals surface area contributed by atoms with Crippen molar-refractivity contribution in [1.29, 1.82) is 0 Å². The maximum absolute atomic E-state index is 13.6. The summed E-state index contributed by atoms with van der Waals surface area (Å²) in [6.07, 6.45) is 3.46. The number of aromatic hydroxyl groups is 1. The average molecular weight is 304 g/mol. The second kappa shape index (κ2) is 6.85. The van der Waals surface area contributed by atoms with Gasteiger partial charge >= 0.3 is 0 Å². The quantitative estimate of drug-likeness (QED) is 0.855. The molecule has 0 fully saturated rings. The molecule has 0 atom stereocenters. The Morgan fingerprint density at radius 2 is 1.55 bits per heavy atom. The van der Waals surface area contributed by atoms with E-state index in [0.29, 0.717) is 16.9 Å². The Morgan fingerprint density at radius 3 is 2.14 bits per heavy atom. The largest absolute Gasteiger partial charge is 0.504 e. The van der Waals surface area contributed by atoms with Crippen molar-refractivity contribution in [3.05, 3.63) is 47.3 Å². The van der Waals surface area contributed by atoms with Crippen LogP contribution in [0.15, 0.2) is 30.3 Å². The number of hydrogen-bond donors (Lipinski definition) is 1. The number of halogens is 1. The molecule has 0 unspecified atom stereocenters. The molecular weight excluding hydrogens is 287 g/mol. The first-order valence-corrected chi connectivity index (χ1v) is 6.55. The Kier molecular flexibility index (Phi) is 4.88. The Hall–Kier alpha value is -2.69. The normalized spacial score (nSPS) is 10.7. The highest BCUT2D eigenvalue weighted by Crippen LogP contribution is 2.37. The highest BCUT2D eigenvalue weighted by atomic mass is 19.1. The molecule has 2 aromatic rings. The Balaban J connectivity index is 2.30. The van der Waals surface area contributed by atoms with Gasteiger partial charge in [-0.3, -0.25) is 0 Å². The Bertz CT molecular complexity index is 695. The number of phenolic OH excluding ortho intramolecular Hbond substituents is 1. The van der Waals surface area contributed by atoms with Gasteiger partial charge in [-0.05, 0) is 35.4 Å². The van der Waals surface area contributed by atoms with Gasteiger partial charge in [-0.1, -0.05) is 18.2 Å². The highest BCUT2D eigenvalue weighted by molar-refractivity contribution is 5.72. The van der Waals surface area contributed by atoms with Crippen molar-refractivity contribution in [2.24, 2.45) is 0 Å². The number of rotatable bonds is 5. The van der Waals surface area contributed by atoms with Gasteiger partial charge in [0.05, 0.1) is 21.3 Å². The van der Waals surface area contributed by atoms with Crippen molar-refractivity contribution < 1.29 is 23.7 Å². The average Bonchev–Trinajstić information content (AvgIpc) is 2.52. The van der Waals surface area contributed by atoms with Gasteiger partial charge in [0.15, 0.2) is 23.1 Å². The lowest BCUT2D eigenvalue weighted by molar-refractivity contribution is 0.333. The molecule has 0 saturated carbocycles. The molecule has 0 aliphatic heterocycles. The summed E-state index contributed by atoms with van der Waals surface area (Å²) in [6.45, 7) is 0. The summed E-state index contributed by atoms with van der Waals surface area (Å²) in [6, 6.07) is 7.92. The molecule has 0 amide bonds. The van der Waals surface area contributed by atoms with Crippen LogP contribution >= 0.6 is 0 Å². The van der Waals surface area contributed by atoms with E-state index in [-0.39, 0.29) is 17.2 Å². The van der Waals surface area contributed by atoms with Crippen LogP contribution < -0.4 is 14.2 Å². The van der Waals surface area contributed by atoms with Crippen molar-refractivity contribution in [2.75, 3.05) is 21.3 Å². The molecule has 116 valence electrons. The lowest BCUT2D eigenvalue weighted by atomic mass is 10.1. The molecule has 5 heteroatoms. The minimum absolute atomic E-state index is 0.0255. The first-order chi connectivity index (χ1) is 10.6. The first-order valence-electron chi connectivity index (χ1n) is 6.55. The van der Waals surface area contributed by atoms with Crippen LogP contribution in [0.5, 0.6) is 23.0 Å². The van der Waals surface area contributed by atoms with Gasteiger partial charge in [0.25, 0.3) is 0 Å². The van der Waals surface area contributed by atoms with E-state index in [2.05, 4.69) is 0 Å². The first kappa shape index (κ1) is 15.7. The van der Waals surface area contributed by atoms with Crippen LogP contribution in [0.4, 0.5) is 4.39 Å². The van der Waals surface area contributed by atoms with Gasteiger partial charge in [0, 0.05) is 0 Å². The van der Waals surface area contributed by atoms with E-state index in [1.165, 1.54) is 33.5 Å². The van der Waals surface area contributed by atoms with Crippen LogP contribution in [0.1, 0.15) is 11.1 Å². The fraction of sp³-hybridized carbons (Fsp3) is 0.176. The molecule has 2 aromatic carbocycles. The zero-order valence-corrected chi connectivity index (χ0v) is 12.6. The Labute approximate surface area is 128 Å². The minimum atomic E-state index is -0.431. The third-order valence-electron chi connectivity index (χ3n) is 3.13. The molecule has 0 aliphatic rings. The van der Waals surface area contributed by atoms with E-state index in [1.807, 2.05) is 0 Å². The smallest absolute Gasteiger partial charge is 0.203 e. The SMILES string of the molecule is COc1ccc(/C=C\c2cc(O)c(OC)c(OC)c2)cc1F. The maximum Gasteiger partial charge on any atom is 0.203 e. The van der Waals surface area contributed by atoms with Crippen LogP contribution in [-0.2, 0) is 0 Å². The van der Waals surface area contributed by atoms with Gasteiger partial charge in [0.1, 0.15) is 0 Å². The van der Waals surface area contributed by atoms with E-state index in [4.69, 9.17) is 14.2 Å². The molecule has 4 nitrogen and oxygen atoms in total. The number of hydrogen-bond acceptors (Lipinski definition) is 4. The second-order valence-corrected chi connectivity index (χ2v) is 4.50. The van der Waals surface area contributed by atoms with Crippen LogP contribution in [0.25, 0.3) is 12.2 Å². The zero-order valence-electron chi connectivity index (χ0n) is 12.6. The van der Waals surface area contributed by atoms with Crippen molar-refractivity contribution in [1.82, 2.24) is 0 Å². The number of benzene rings is 2. The summed E-state index contributed by atoms with van der Waals surface area (Å²) in [4.78, 5) is 0. The second-order valence-electron chi connectivity index (χ2n) is 4.50. The van der Waals surface area contributed by atoms with E-state index in [0.717, 1.165) is 0 Å². The molecule has 0 aromatic heterocycles. The summed E-state index contributed by atoms with van der Waals surface area (Å²) in [5.74, 6) is 0.432. The topological polar surface area (TPSA) is 47.9 Å². The Morgan fingerprint density at radius 1 is 0.864 bits per heavy atom. The molecule has 0 aliphatic carbocycles. The fourth-order valence-electron chi connectivity index (χ4n) is 2.04. The molecule has 0 saturated heterocycles. The molecule has 0 heterocycles. The third-order valence-corrected chi connectivity index (χ3v) is 3.13. The zero-order chi connectivity index (χ0) is 16.1. The van der Waals surface area contributed by atoms with Gasteiger partial charge in [0.2, 0.25) is 5.75 Å². The van der Waals surface area contributed by atoms with Crippen molar-refractivity contribution >= 4 is 12.2 Å². The molecular formula is C17H17FO4. The predicted molar refractivity (Wildman–Crippen MR) is 83.1 cm³/mol.